The molecule has 0 unspecified atom stereocenters. The Labute approximate surface area is 162 Å². The van der Waals surface area contributed by atoms with Gasteiger partial charge in [0.15, 0.2) is 11.2 Å². The van der Waals surface area contributed by atoms with E-state index in [2.05, 4.69) is 21.8 Å². The van der Waals surface area contributed by atoms with Gasteiger partial charge in [0.2, 0.25) is 5.95 Å². The summed E-state index contributed by atoms with van der Waals surface area (Å²) in [6, 6.07) is 0. The molecular weight excluding hydrogens is 364 g/mol. The second kappa shape index (κ2) is 8.59. The maximum absolute atomic E-state index is 12.5. The lowest BCUT2D eigenvalue weighted by atomic mass is 10.2. The number of carbonyl (C=O) groups is 1. The van der Waals surface area contributed by atoms with Gasteiger partial charge < -0.3 is 14.2 Å². The second-order valence-corrected chi connectivity index (χ2v) is 7.10. The van der Waals surface area contributed by atoms with Crippen LogP contribution in [-0.4, -0.2) is 69.8 Å². The molecule has 10 nitrogen and oxygen atoms in total. The number of carbonyl (C=O) groups excluding carboxylic acids is 1. The summed E-state index contributed by atoms with van der Waals surface area (Å²) in [6.07, 6.45) is 3.05. The zero-order chi connectivity index (χ0) is 20.3. The number of aromatic amines is 1. The van der Waals surface area contributed by atoms with E-state index in [4.69, 9.17) is 4.74 Å². The van der Waals surface area contributed by atoms with Crippen LogP contribution >= 0.6 is 0 Å². The lowest BCUT2D eigenvalue weighted by Crippen LogP contribution is -2.48. The third-order valence-corrected chi connectivity index (χ3v) is 5.21. The number of nitrogens with zero attached hydrogens (tertiary/aromatic N) is 5. The summed E-state index contributed by atoms with van der Waals surface area (Å²) < 4.78 is 8.04. The molecule has 10 heteroatoms. The van der Waals surface area contributed by atoms with Gasteiger partial charge in [0.05, 0.1) is 13.7 Å². The van der Waals surface area contributed by atoms with E-state index in [1.807, 2.05) is 9.47 Å². The smallest absolute Gasteiger partial charge is 0.329 e. The Morgan fingerprint density at radius 2 is 1.89 bits per heavy atom. The van der Waals surface area contributed by atoms with Gasteiger partial charge in [-0.3, -0.25) is 24.0 Å². The van der Waals surface area contributed by atoms with Crippen LogP contribution < -0.4 is 16.1 Å². The highest BCUT2D eigenvalue weighted by atomic mass is 16.5. The highest BCUT2D eigenvalue weighted by Gasteiger charge is 2.25. The molecule has 0 atom stereocenters. The molecular formula is C18H28N6O4. The predicted molar refractivity (Wildman–Crippen MR) is 106 cm³/mol. The van der Waals surface area contributed by atoms with Crippen molar-refractivity contribution in [3.05, 3.63) is 20.8 Å². The van der Waals surface area contributed by atoms with E-state index >= 15 is 0 Å². The molecule has 1 fully saturated rings. The van der Waals surface area contributed by atoms with E-state index in [1.54, 1.807) is 7.05 Å². The quantitative estimate of drug-likeness (QED) is 0.518. The number of H-pyrrole nitrogens is 1. The van der Waals surface area contributed by atoms with Crippen molar-refractivity contribution in [3.8, 4) is 0 Å². The first-order chi connectivity index (χ1) is 13.5. The molecule has 0 aromatic carbocycles. The first-order valence-corrected chi connectivity index (χ1v) is 9.70. The van der Waals surface area contributed by atoms with E-state index in [0.717, 1.165) is 19.3 Å². The number of nitrogens with one attached hydrogen (secondary N) is 1. The number of hydrogen-bond acceptors (Lipinski definition) is 7. The molecule has 3 heterocycles. The van der Waals surface area contributed by atoms with E-state index in [0.29, 0.717) is 49.8 Å². The van der Waals surface area contributed by atoms with Gasteiger partial charge in [0, 0.05) is 39.8 Å². The summed E-state index contributed by atoms with van der Waals surface area (Å²) in [5.74, 6) is 0.456. The summed E-state index contributed by atoms with van der Waals surface area (Å²) >= 11 is 0. The Bertz CT molecular complexity index is 951. The van der Waals surface area contributed by atoms with Gasteiger partial charge >= 0.3 is 11.7 Å². The summed E-state index contributed by atoms with van der Waals surface area (Å²) in [4.78, 5) is 47.2. The zero-order valence-corrected chi connectivity index (χ0v) is 16.7. The van der Waals surface area contributed by atoms with Crippen molar-refractivity contribution in [2.75, 3.05) is 44.7 Å². The van der Waals surface area contributed by atoms with E-state index < -0.39 is 11.2 Å². The van der Waals surface area contributed by atoms with Crippen molar-refractivity contribution >= 4 is 23.1 Å². The molecule has 2 aromatic heterocycles. The highest BCUT2D eigenvalue weighted by molar-refractivity contribution is 5.74. The van der Waals surface area contributed by atoms with Gasteiger partial charge in [-0.1, -0.05) is 19.8 Å². The lowest BCUT2D eigenvalue weighted by molar-refractivity contribution is -0.142. The molecule has 1 aliphatic heterocycles. The number of hydrogen-bond donors (Lipinski definition) is 1. The van der Waals surface area contributed by atoms with Crippen LogP contribution in [0.5, 0.6) is 0 Å². The van der Waals surface area contributed by atoms with Gasteiger partial charge in [-0.05, 0) is 6.42 Å². The van der Waals surface area contributed by atoms with Crippen molar-refractivity contribution in [3.63, 3.8) is 0 Å². The van der Waals surface area contributed by atoms with E-state index in [9.17, 15) is 14.4 Å². The molecule has 0 saturated carbocycles. The highest BCUT2D eigenvalue weighted by Crippen LogP contribution is 2.21. The van der Waals surface area contributed by atoms with Crippen LogP contribution in [-0.2, 0) is 23.1 Å². The molecule has 1 N–H and O–H groups in total. The van der Waals surface area contributed by atoms with Gasteiger partial charge in [-0.2, -0.15) is 4.98 Å². The van der Waals surface area contributed by atoms with Crippen LogP contribution in [0.2, 0.25) is 0 Å². The average molecular weight is 392 g/mol. The minimum Gasteiger partial charge on any atom is -0.468 e. The average Bonchev–Trinajstić information content (AvgIpc) is 3.07. The maximum Gasteiger partial charge on any atom is 0.329 e. The molecule has 28 heavy (non-hydrogen) atoms. The molecule has 154 valence electrons. The van der Waals surface area contributed by atoms with Crippen LogP contribution in [0.15, 0.2) is 9.59 Å². The van der Waals surface area contributed by atoms with Gasteiger partial charge in [0.25, 0.3) is 5.56 Å². The molecule has 3 rings (SSSR count). The Kier molecular flexibility index (Phi) is 6.18. The summed E-state index contributed by atoms with van der Waals surface area (Å²) in [7, 11) is 3.00. The van der Waals surface area contributed by atoms with E-state index in [-0.39, 0.29) is 12.5 Å². The van der Waals surface area contributed by atoms with Crippen LogP contribution in [0.4, 0.5) is 5.95 Å². The van der Waals surface area contributed by atoms with Gasteiger partial charge in [0.1, 0.15) is 0 Å². The SMILES string of the molecule is CCCCCn1c(N2CCN(CC(=O)OC)CC2)nc2c1c(=O)[nH]c(=O)n2C. The number of fused-ring (bicyclic) bond motifs is 1. The fourth-order valence-corrected chi connectivity index (χ4v) is 3.55. The Balaban J connectivity index is 1.92. The molecule has 2 aromatic rings. The predicted octanol–water partition coefficient (Wildman–Crippen LogP) is -0.0915. The Morgan fingerprint density at radius 3 is 2.54 bits per heavy atom. The number of esters is 1. The number of unbranched alkanes of at least 4 members (excludes halogenated alkanes) is 2. The second-order valence-electron chi connectivity index (χ2n) is 7.10. The van der Waals surface area contributed by atoms with Crippen molar-refractivity contribution < 1.29 is 9.53 Å². The maximum atomic E-state index is 12.5. The molecule has 0 aliphatic carbocycles. The van der Waals surface area contributed by atoms with Crippen molar-refractivity contribution in [2.45, 2.75) is 32.7 Å². The van der Waals surface area contributed by atoms with Crippen molar-refractivity contribution in [2.24, 2.45) is 7.05 Å². The topological polar surface area (TPSA) is 105 Å². The largest absolute Gasteiger partial charge is 0.468 e. The van der Waals surface area contributed by atoms with Gasteiger partial charge in [-0.15, -0.1) is 0 Å². The summed E-state index contributed by atoms with van der Waals surface area (Å²) in [6.45, 7) is 5.82. The van der Waals surface area contributed by atoms with Crippen LogP contribution in [0.25, 0.3) is 11.2 Å². The molecule has 1 saturated heterocycles. The first kappa shape index (κ1) is 20.1. The fourth-order valence-electron chi connectivity index (χ4n) is 3.55. The Morgan fingerprint density at radius 1 is 1.18 bits per heavy atom. The zero-order valence-electron chi connectivity index (χ0n) is 16.7. The number of aryl methyl sites for hydroxylation is 2. The minimum atomic E-state index is -0.467. The molecule has 1 aliphatic rings. The van der Waals surface area contributed by atoms with E-state index in [1.165, 1.54) is 11.7 Å². The van der Waals surface area contributed by atoms with Crippen LogP contribution in [0.3, 0.4) is 0 Å². The number of anilines is 1. The molecule has 0 amide bonds. The third kappa shape index (κ3) is 3.96. The molecule has 0 spiro atoms. The lowest BCUT2D eigenvalue weighted by Gasteiger charge is -2.34. The first-order valence-electron chi connectivity index (χ1n) is 9.70. The number of rotatable bonds is 7. The number of aromatic nitrogens is 4. The van der Waals surface area contributed by atoms with Crippen LogP contribution in [0.1, 0.15) is 26.2 Å². The Hall–Kier alpha value is -2.62. The number of piperazine rings is 1. The summed E-state index contributed by atoms with van der Waals surface area (Å²) in [5.41, 5.74) is -0.0368. The number of methoxy groups -OCH3 is 1. The van der Waals surface area contributed by atoms with Crippen molar-refractivity contribution in [1.29, 1.82) is 0 Å². The monoisotopic (exact) mass is 392 g/mol. The van der Waals surface area contributed by atoms with Crippen molar-refractivity contribution in [1.82, 2.24) is 24.0 Å². The molecule has 0 bridgehead atoms. The molecule has 0 radical (unpaired) electrons. The van der Waals surface area contributed by atoms with Gasteiger partial charge in [-0.25, -0.2) is 4.79 Å². The fraction of sp³-hybridized carbons (Fsp3) is 0.667. The standard InChI is InChI=1S/C18H28N6O4/c1-4-5-6-7-24-14-15(21(2)18(27)20-16(14)26)19-17(24)23-10-8-22(9-11-23)12-13(25)28-3/h4-12H2,1-3H3,(H,20,26,27). The normalized spacial score (nSPS) is 15.3. The third-order valence-electron chi connectivity index (χ3n) is 5.21. The summed E-state index contributed by atoms with van der Waals surface area (Å²) in [5, 5.41) is 0. The number of imidazole rings is 1. The minimum absolute atomic E-state index is 0.248. The number of ether oxygens (including phenoxy) is 1. The van der Waals surface area contributed by atoms with Crippen LogP contribution in [0, 0.1) is 0 Å².